The smallest absolute Gasteiger partial charge is 0.0714 e. The van der Waals surface area contributed by atoms with E-state index in [1.54, 1.807) is 0 Å². The zero-order valence-corrected chi connectivity index (χ0v) is 22.8. The monoisotopic (exact) mass is 518 g/mol. The molecule has 6 aromatic rings. The molecule has 0 saturated carbocycles. The molecular formula is C38H27Cl. The average molecular weight is 519 g/mol. The predicted octanol–water partition coefficient (Wildman–Crippen LogP) is 10.2. The Balaban J connectivity index is 1.52. The van der Waals surface area contributed by atoms with Crippen LogP contribution in [0.3, 0.4) is 0 Å². The van der Waals surface area contributed by atoms with E-state index in [0.717, 1.165) is 5.02 Å². The normalized spacial score (nSPS) is 15.5. The number of fused-ring (bicyclic) bond motifs is 7. The Bertz CT molecular complexity index is 1910. The van der Waals surface area contributed by atoms with E-state index in [2.05, 4.69) is 141 Å². The lowest BCUT2D eigenvalue weighted by molar-refractivity contribution is 0.655. The van der Waals surface area contributed by atoms with Gasteiger partial charge in [0.15, 0.2) is 0 Å². The number of rotatable bonds is 2. The van der Waals surface area contributed by atoms with Crippen molar-refractivity contribution in [3.63, 3.8) is 0 Å². The molecule has 0 amide bonds. The lowest BCUT2D eigenvalue weighted by Gasteiger charge is -2.35. The van der Waals surface area contributed by atoms with Gasteiger partial charge in [-0.1, -0.05) is 141 Å². The van der Waals surface area contributed by atoms with E-state index in [1.165, 1.54) is 66.4 Å². The first kappa shape index (κ1) is 22.8. The van der Waals surface area contributed by atoms with Crippen LogP contribution in [-0.4, -0.2) is 0 Å². The molecule has 186 valence electrons. The van der Waals surface area contributed by atoms with Crippen LogP contribution in [0.1, 0.15) is 47.2 Å². The summed E-state index contributed by atoms with van der Waals surface area (Å²) >= 11 is 7.31. The predicted molar refractivity (Wildman–Crippen MR) is 164 cm³/mol. The molecule has 2 aliphatic carbocycles. The van der Waals surface area contributed by atoms with Gasteiger partial charge in [-0.3, -0.25) is 0 Å². The number of hydrogen-bond donors (Lipinski definition) is 0. The maximum atomic E-state index is 7.31. The zero-order chi connectivity index (χ0) is 26.4. The Hall–Kier alpha value is -4.13. The van der Waals surface area contributed by atoms with Crippen molar-refractivity contribution in [1.29, 1.82) is 0 Å². The van der Waals surface area contributed by atoms with E-state index in [9.17, 15) is 0 Å². The molecule has 0 fully saturated rings. The van der Waals surface area contributed by atoms with Gasteiger partial charge in [0.2, 0.25) is 0 Å². The highest BCUT2D eigenvalue weighted by atomic mass is 35.5. The minimum Gasteiger partial charge on any atom is -0.0836 e. The SMILES string of the molecule is CC1(C)c2ccccc2-c2c(Cl)cc(C3(c4ccc5ccccc5c4)c4ccccc4-c4ccccc43)cc21. The Morgan fingerprint density at radius 3 is 1.72 bits per heavy atom. The number of benzene rings is 6. The third-order valence-corrected chi connectivity index (χ3v) is 9.50. The summed E-state index contributed by atoms with van der Waals surface area (Å²) in [6.45, 7) is 4.66. The molecule has 0 saturated heterocycles. The molecule has 2 aliphatic rings. The highest BCUT2D eigenvalue weighted by molar-refractivity contribution is 6.34. The van der Waals surface area contributed by atoms with Gasteiger partial charge in [0.1, 0.15) is 0 Å². The van der Waals surface area contributed by atoms with Crippen molar-refractivity contribution in [3.05, 3.63) is 166 Å². The van der Waals surface area contributed by atoms with E-state index in [-0.39, 0.29) is 5.41 Å². The molecule has 0 unspecified atom stereocenters. The Morgan fingerprint density at radius 2 is 1.03 bits per heavy atom. The summed E-state index contributed by atoms with van der Waals surface area (Å²) in [6.07, 6.45) is 0. The van der Waals surface area contributed by atoms with Gasteiger partial charge in [-0.05, 0) is 73.0 Å². The maximum absolute atomic E-state index is 7.31. The summed E-state index contributed by atoms with van der Waals surface area (Å²) < 4.78 is 0. The van der Waals surface area contributed by atoms with Gasteiger partial charge in [0.25, 0.3) is 0 Å². The third-order valence-electron chi connectivity index (χ3n) is 9.20. The van der Waals surface area contributed by atoms with E-state index < -0.39 is 5.41 Å². The first-order valence-electron chi connectivity index (χ1n) is 13.6. The van der Waals surface area contributed by atoms with Gasteiger partial charge < -0.3 is 0 Å². The summed E-state index contributed by atoms with van der Waals surface area (Å²) in [5.41, 5.74) is 12.1. The second-order valence-electron chi connectivity index (χ2n) is 11.5. The van der Waals surface area contributed by atoms with E-state index in [4.69, 9.17) is 11.6 Å². The van der Waals surface area contributed by atoms with Crippen molar-refractivity contribution < 1.29 is 0 Å². The van der Waals surface area contributed by atoms with Crippen LogP contribution in [0.25, 0.3) is 33.0 Å². The highest BCUT2D eigenvalue weighted by Crippen LogP contribution is 2.59. The molecule has 0 N–H and O–H groups in total. The fourth-order valence-corrected chi connectivity index (χ4v) is 7.75. The minimum atomic E-state index is -0.485. The second-order valence-corrected chi connectivity index (χ2v) is 11.9. The molecule has 0 aromatic heterocycles. The van der Waals surface area contributed by atoms with E-state index in [1.807, 2.05) is 0 Å². The van der Waals surface area contributed by atoms with Crippen LogP contribution in [0, 0.1) is 0 Å². The van der Waals surface area contributed by atoms with Crippen LogP contribution >= 0.6 is 11.6 Å². The molecule has 0 aliphatic heterocycles. The Morgan fingerprint density at radius 1 is 0.462 bits per heavy atom. The van der Waals surface area contributed by atoms with Gasteiger partial charge in [0, 0.05) is 16.0 Å². The second kappa shape index (κ2) is 7.94. The molecule has 6 aromatic carbocycles. The van der Waals surface area contributed by atoms with Crippen molar-refractivity contribution in [2.75, 3.05) is 0 Å². The molecule has 1 heteroatoms. The van der Waals surface area contributed by atoms with Crippen molar-refractivity contribution in [2.24, 2.45) is 0 Å². The molecule has 0 nitrogen and oxygen atoms in total. The molecule has 0 atom stereocenters. The van der Waals surface area contributed by atoms with Crippen LogP contribution in [0.2, 0.25) is 5.02 Å². The van der Waals surface area contributed by atoms with Crippen molar-refractivity contribution in [3.8, 4) is 22.3 Å². The van der Waals surface area contributed by atoms with Crippen molar-refractivity contribution in [1.82, 2.24) is 0 Å². The lowest BCUT2D eigenvalue weighted by Crippen LogP contribution is -2.29. The summed E-state index contributed by atoms with van der Waals surface area (Å²) in [7, 11) is 0. The Kier molecular flexibility index (Phi) is 4.65. The van der Waals surface area contributed by atoms with Crippen molar-refractivity contribution >= 4 is 22.4 Å². The highest BCUT2D eigenvalue weighted by Gasteiger charge is 2.47. The van der Waals surface area contributed by atoms with Crippen LogP contribution < -0.4 is 0 Å². The van der Waals surface area contributed by atoms with Gasteiger partial charge in [-0.15, -0.1) is 0 Å². The fraction of sp³-hybridized carbons (Fsp3) is 0.105. The van der Waals surface area contributed by atoms with Crippen LogP contribution in [-0.2, 0) is 10.8 Å². The van der Waals surface area contributed by atoms with Crippen molar-refractivity contribution in [2.45, 2.75) is 24.7 Å². The fourth-order valence-electron chi connectivity index (χ4n) is 7.43. The first-order valence-corrected chi connectivity index (χ1v) is 14.0. The molecule has 0 spiro atoms. The Labute approximate surface area is 234 Å². The molecule has 39 heavy (non-hydrogen) atoms. The summed E-state index contributed by atoms with van der Waals surface area (Å²) in [6, 6.07) is 46.9. The third kappa shape index (κ3) is 2.90. The van der Waals surface area contributed by atoms with Gasteiger partial charge >= 0.3 is 0 Å². The first-order chi connectivity index (χ1) is 19.0. The van der Waals surface area contributed by atoms with E-state index >= 15 is 0 Å². The van der Waals surface area contributed by atoms with Gasteiger partial charge in [0.05, 0.1) is 5.41 Å². The topological polar surface area (TPSA) is 0 Å². The number of halogens is 1. The largest absolute Gasteiger partial charge is 0.0836 e. The molecule has 0 radical (unpaired) electrons. The molecular weight excluding hydrogens is 492 g/mol. The van der Waals surface area contributed by atoms with Crippen LogP contribution in [0.4, 0.5) is 0 Å². The minimum absolute atomic E-state index is 0.145. The maximum Gasteiger partial charge on any atom is 0.0714 e. The number of hydrogen-bond acceptors (Lipinski definition) is 0. The summed E-state index contributed by atoms with van der Waals surface area (Å²) in [5.74, 6) is 0. The van der Waals surface area contributed by atoms with E-state index in [0.29, 0.717) is 0 Å². The average Bonchev–Trinajstić information content (AvgIpc) is 3.40. The lowest BCUT2D eigenvalue weighted by atomic mass is 9.66. The van der Waals surface area contributed by atoms with Gasteiger partial charge in [-0.25, -0.2) is 0 Å². The molecule has 0 heterocycles. The summed E-state index contributed by atoms with van der Waals surface area (Å²) in [4.78, 5) is 0. The zero-order valence-electron chi connectivity index (χ0n) is 22.0. The molecule has 0 bridgehead atoms. The van der Waals surface area contributed by atoms with Crippen LogP contribution in [0.15, 0.2) is 127 Å². The quantitative estimate of drug-likeness (QED) is 0.213. The standard InChI is InChI=1S/C38H27Cl/c1-37(2)31-16-8-7-15-30(31)36-34(37)22-27(23-35(36)39)38(26-20-19-24-11-3-4-12-25(24)21-26)32-17-9-5-13-28(32)29-14-6-10-18-33(29)38/h3-23H,1-2H3. The summed E-state index contributed by atoms with van der Waals surface area (Å²) in [5, 5.41) is 3.32. The van der Waals surface area contributed by atoms with Gasteiger partial charge in [-0.2, -0.15) is 0 Å². The molecule has 8 rings (SSSR count). The van der Waals surface area contributed by atoms with Crippen LogP contribution in [0.5, 0.6) is 0 Å².